The first-order valence-electron chi connectivity index (χ1n) is 10.6. The van der Waals surface area contributed by atoms with Gasteiger partial charge in [0.2, 0.25) is 0 Å². The van der Waals surface area contributed by atoms with Crippen LogP contribution in [0.25, 0.3) is 0 Å². The van der Waals surface area contributed by atoms with Gasteiger partial charge in [-0.25, -0.2) is 4.79 Å². The second-order valence-corrected chi connectivity index (χ2v) is 8.75. The highest BCUT2D eigenvalue weighted by molar-refractivity contribution is 5.90. The molecule has 0 aliphatic rings. The van der Waals surface area contributed by atoms with Crippen LogP contribution in [-0.4, -0.2) is 137 Å². The van der Waals surface area contributed by atoms with Crippen molar-refractivity contribution in [3.8, 4) is 0 Å². The second kappa shape index (κ2) is 13.7. The van der Waals surface area contributed by atoms with Crippen molar-refractivity contribution in [1.29, 1.82) is 0 Å². The molecule has 0 aliphatic carbocycles. The molecule has 0 aromatic heterocycles. The van der Waals surface area contributed by atoms with Gasteiger partial charge in [0.1, 0.15) is 5.92 Å². The average molecular weight is 483 g/mol. The predicted octanol–water partition coefficient (Wildman–Crippen LogP) is -2.53. The lowest BCUT2D eigenvalue weighted by Crippen LogP contribution is -2.63. The predicted molar refractivity (Wildman–Crippen MR) is 114 cm³/mol. The van der Waals surface area contributed by atoms with E-state index in [9.17, 15) is 55.2 Å². The van der Waals surface area contributed by atoms with Gasteiger partial charge >= 0.3 is 17.9 Å². The molecule has 13 nitrogen and oxygen atoms in total. The topological polar surface area (TPSA) is 220 Å². The summed E-state index contributed by atoms with van der Waals surface area (Å²) < 4.78 is 0. The van der Waals surface area contributed by atoms with Gasteiger partial charge in [-0.1, -0.05) is 0 Å². The molecular formula is C20H38N2O11. The molecule has 13 heteroatoms. The summed E-state index contributed by atoms with van der Waals surface area (Å²) in [5.74, 6) is -7.82. The minimum Gasteiger partial charge on any atom is -0.481 e. The molecule has 0 aliphatic heterocycles. The van der Waals surface area contributed by atoms with E-state index < -0.39 is 66.3 Å². The fourth-order valence-electron chi connectivity index (χ4n) is 3.93. The maximum absolute atomic E-state index is 12.3. The third-order valence-electron chi connectivity index (χ3n) is 4.91. The lowest BCUT2D eigenvalue weighted by Gasteiger charge is -2.43. The van der Waals surface area contributed by atoms with Gasteiger partial charge in [-0.15, -0.1) is 0 Å². The van der Waals surface area contributed by atoms with Crippen LogP contribution in [-0.2, 0) is 14.4 Å². The number of aliphatic carboxylic acids is 3. The van der Waals surface area contributed by atoms with E-state index in [1.54, 1.807) is 0 Å². The van der Waals surface area contributed by atoms with Crippen LogP contribution in [0.5, 0.6) is 0 Å². The van der Waals surface area contributed by atoms with E-state index in [1.165, 1.54) is 37.5 Å². The van der Waals surface area contributed by atoms with Crippen LogP contribution < -0.4 is 0 Å². The van der Waals surface area contributed by atoms with Gasteiger partial charge in [-0.2, -0.15) is 0 Å². The summed E-state index contributed by atoms with van der Waals surface area (Å²) in [6.07, 6.45) is -5.38. The van der Waals surface area contributed by atoms with Gasteiger partial charge in [0.15, 0.2) is 5.60 Å². The molecule has 33 heavy (non-hydrogen) atoms. The average Bonchev–Trinajstić information content (AvgIpc) is 2.57. The fourth-order valence-corrected chi connectivity index (χ4v) is 3.93. The molecule has 0 saturated carbocycles. The van der Waals surface area contributed by atoms with Crippen molar-refractivity contribution >= 4 is 17.9 Å². The Morgan fingerprint density at radius 1 is 0.727 bits per heavy atom. The van der Waals surface area contributed by atoms with Crippen LogP contribution >= 0.6 is 0 Å². The first-order valence-corrected chi connectivity index (χ1v) is 10.6. The summed E-state index contributed by atoms with van der Waals surface area (Å²) in [4.78, 5) is 38.2. The van der Waals surface area contributed by atoms with E-state index in [-0.39, 0.29) is 32.7 Å². The molecule has 0 aromatic carbocycles. The van der Waals surface area contributed by atoms with Crippen LogP contribution in [0.4, 0.5) is 0 Å². The first kappa shape index (κ1) is 31.1. The molecule has 0 bridgehead atoms. The summed E-state index contributed by atoms with van der Waals surface area (Å²) in [5, 5.41) is 79.2. The molecule has 0 rings (SSSR count). The SMILES string of the molecule is CC(O)CN(CC(C)O)CC(C(C(=O)O)C(O)(CC(=O)O)C(=O)O)N(CC(C)O)CC(C)O. The third kappa shape index (κ3) is 10.7. The van der Waals surface area contributed by atoms with Gasteiger partial charge in [0.25, 0.3) is 0 Å². The molecule has 0 fully saturated rings. The highest BCUT2D eigenvalue weighted by Crippen LogP contribution is 2.30. The van der Waals surface area contributed by atoms with E-state index >= 15 is 0 Å². The number of aliphatic hydroxyl groups excluding tert-OH is 4. The molecule has 0 saturated heterocycles. The van der Waals surface area contributed by atoms with Crippen LogP contribution in [0.15, 0.2) is 0 Å². The minimum atomic E-state index is -3.24. The molecule has 0 radical (unpaired) electrons. The zero-order valence-electron chi connectivity index (χ0n) is 19.4. The number of carboxylic acid groups (broad SMARTS) is 3. The Hall–Kier alpha value is -1.87. The molecule has 0 heterocycles. The summed E-state index contributed by atoms with van der Waals surface area (Å²) in [6, 6.07) is -1.44. The van der Waals surface area contributed by atoms with E-state index in [1.807, 2.05) is 0 Å². The second-order valence-electron chi connectivity index (χ2n) is 8.75. The summed E-state index contributed by atoms with van der Waals surface area (Å²) in [6.45, 7) is 4.72. The number of hydrogen-bond acceptors (Lipinski definition) is 10. The molecule has 0 aromatic rings. The molecule has 7 atom stereocenters. The molecule has 7 unspecified atom stereocenters. The highest BCUT2D eigenvalue weighted by Gasteiger charge is 2.55. The largest absolute Gasteiger partial charge is 0.481 e. The van der Waals surface area contributed by atoms with E-state index in [0.717, 1.165) is 0 Å². The van der Waals surface area contributed by atoms with Crippen molar-refractivity contribution in [3.63, 3.8) is 0 Å². The Kier molecular flexibility index (Phi) is 13.0. The number of aliphatic hydroxyl groups is 5. The minimum absolute atomic E-state index is 0.0602. The number of carboxylic acids is 3. The summed E-state index contributed by atoms with van der Waals surface area (Å²) in [5.41, 5.74) is -3.24. The van der Waals surface area contributed by atoms with Crippen molar-refractivity contribution in [1.82, 2.24) is 9.80 Å². The van der Waals surface area contributed by atoms with Crippen molar-refractivity contribution in [2.45, 2.75) is 70.2 Å². The standard InChI is InChI=1S/C20H38N2O11/c1-11(23)6-21(7-12(2)24)10-15(22(8-13(3)25)9-14(4)26)17(18(29)30)20(33,19(31)32)5-16(27)28/h11-15,17,23-26,33H,5-10H2,1-4H3,(H,27,28)(H,29,30)(H,31,32). The zero-order valence-corrected chi connectivity index (χ0v) is 19.4. The maximum atomic E-state index is 12.3. The number of nitrogens with zero attached hydrogens (tertiary/aromatic N) is 2. The summed E-state index contributed by atoms with van der Waals surface area (Å²) >= 11 is 0. The number of carbonyl (C=O) groups is 3. The van der Waals surface area contributed by atoms with Crippen molar-refractivity contribution < 1.29 is 55.2 Å². The van der Waals surface area contributed by atoms with Gasteiger partial charge in [0, 0.05) is 38.8 Å². The Balaban J connectivity index is 6.73. The van der Waals surface area contributed by atoms with Crippen molar-refractivity contribution in [2.75, 3.05) is 32.7 Å². The highest BCUT2D eigenvalue weighted by atomic mass is 16.4. The quantitative estimate of drug-likeness (QED) is 0.107. The van der Waals surface area contributed by atoms with Crippen LogP contribution in [0, 0.1) is 5.92 Å². The number of rotatable bonds is 17. The lowest BCUT2D eigenvalue weighted by molar-refractivity contribution is -0.185. The van der Waals surface area contributed by atoms with E-state index in [2.05, 4.69) is 0 Å². The normalized spacial score (nSPS) is 19.4. The smallest absolute Gasteiger partial charge is 0.337 e. The van der Waals surface area contributed by atoms with Crippen LogP contribution in [0.2, 0.25) is 0 Å². The Bertz CT molecular complexity index is 622. The Labute approximate surface area is 192 Å². The zero-order chi connectivity index (χ0) is 26.1. The lowest BCUT2D eigenvalue weighted by atomic mass is 9.78. The Morgan fingerprint density at radius 3 is 1.39 bits per heavy atom. The van der Waals surface area contributed by atoms with Gasteiger partial charge in [-0.05, 0) is 27.7 Å². The van der Waals surface area contributed by atoms with Crippen molar-refractivity contribution in [3.05, 3.63) is 0 Å². The molecule has 0 spiro atoms. The monoisotopic (exact) mass is 482 g/mol. The Morgan fingerprint density at radius 2 is 1.12 bits per heavy atom. The van der Waals surface area contributed by atoms with Gasteiger partial charge in [0.05, 0.1) is 30.8 Å². The van der Waals surface area contributed by atoms with Crippen molar-refractivity contribution in [2.24, 2.45) is 5.92 Å². The molecule has 194 valence electrons. The summed E-state index contributed by atoms with van der Waals surface area (Å²) in [7, 11) is 0. The number of hydrogen-bond donors (Lipinski definition) is 8. The molecule has 8 N–H and O–H groups in total. The van der Waals surface area contributed by atoms with Crippen LogP contribution in [0.1, 0.15) is 34.1 Å². The van der Waals surface area contributed by atoms with E-state index in [0.29, 0.717) is 0 Å². The molecule has 0 amide bonds. The fraction of sp³-hybridized carbons (Fsp3) is 0.850. The van der Waals surface area contributed by atoms with Gasteiger partial charge in [-0.3, -0.25) is 19.4 Å². The van der Waals surface area contributed by atoms with Crippen LogP contribution in [0.3, 0.4) is 0 Å². The van der Waals surface area contributed by atoms with Gasteiger partial charge < -0.3 is 40.9 Å². The maximum Gasteiger partial charge on any atom is 0.337 e. The third-order valence-corrected chi connectivity index (χ3v) is 4.91. The molecular weight excluding hydrogens is 444 g/mol. The first-order chi connectivity index (χ1) is 15.0. The van der Waals surface area contributed by atoms with E-state index in [4.69, 9.17) is 0 Å².